The second kappa shape index (κ2) is 9.59. The molecule has 0 saturated heterocycles. The van der Waals surface area contributed by atoms with E-state index in [2.05, 4.69) is 10.5 Å². The average molecular weight is 409 g/mol. The van der Waals surface area contributed by atoms with Crippen molar-refractivity contribution in [2.24, 2.45) is 5.10 Å². The Kier molecular flexibility index (Phi) is 8.59. The van der Waals surface area contributed by atoms with Crippen LogP contribution in [0.3, 0.4) is 0 Å². The van der Waals surface area contributed by atoms with Gasteiger partial charge in [0.1, 0.15) is 5.75 Å². The molecule has 2 rings (SSSR count). The van der Waals surface area contributed by atoms with E-state index in [0.29, 0.717) is 0 Å². The number of hydrazone groups is 1. The molecule has 0 fully saturated rings. The topological polar surface area (TPSA) is 128 Å². The third-order valence-electron chi connectivity index (χ3n) is 2.73. The van der Waals surface area contributed by atoms with Gasteiger partial charge in [0.25, 0.3) is 5.91 Å². The first-order valence-corrected chi connectivity index (χ1v) is 6.07. The largest absolute Gasteiger partial charge is 2.00 e. The quantitative estimate of drug-likeness (QED) is 0.426. The number of hydrogen-bond donors (Lipinski definition) is 1. The van der Waals surface area contributed by atoms with E-state index in [1.165, 1.54) is 31.5 Å². The van der Waals surface area contributed by atoms with E-state index in [0.717, 1.165) is 0 Å². The summed E-state index contributed by atoms with van der Waals surface area (Å²) in [6.45, 7) is 0. The van der Waals surface area contributed by atoms with Crippen LogP contribution in [0, 0.1) is 0 Å². The van der Waals surface area contributed by atoms with Crippen molar-refractivity contribution in [3.8, 4) is 17.2 Å². The maximum absolute atomic E-state index is 11.8. The maximum Gasteiger partial charge on any atom is 2.00 e. The van der Waals surface area contributed by atoms with Crippen molar-refractivity contribution in [2.75, 3.05) is 7.11 Å². The number of amides is 1. The Morgan fingerprint density at radius 3 is 2.52 bits per heavy atom. The monoisotopic (exact) mass is 408 g/mol. The number of rotatable bonds is 4. The predicted octanol–water partition coefficient (Wildman–Crippen LogP) is -0.221. The van der Waals surface area contributed by atoms with Crippen LogP contribution in [0.4, 0.5) is 0 Å². The molecule has 0 atom stereocenters. The Hall–Kier alpha value is -2.40. The van der Waals surface area contributed by atoms with Gasteiger partial charge in [-0.1, -0.05) is 47.9 Å². The van der Waals surface area contributed by atoms with Crippen LogP contribution in [0.25, 0.3) is 0 Å². The molecule has 8 heteroatoms. The van der Waals surface area contributed by atoms with E-state index in [1.807, 2.05) is 0 Å². The molecule has 0 aromatic heterocycles. The summed E-state index contributed by atoms with van der Waals surface area (Å²) in [4.78, 5) is 11.7. The van der Waals surface area contributed by atoms with E-state index in [9.17, 15) is 15.0 Å². The van der Waals surface area contributed by atoms with Crippen molar-refractivity contribution in [3.05, 3.63) is 53.6 Å². The summed E-state index contributed by atoms with van der Waals surface area (Å²) < 4.78 is 4.90. The van der Waals surface area contributed by atoms with Crippen molar-refractivity contribution < 1.29 is 45.6 Å². The molecule has 0 bridgehead atoms. The van der Waals surface area contributed by atoms with Crippen LogP contribution in [0.2, 0.25) is 0 Å². The molecule has 0 aliphatic rings. The van der Waals surface area contributed by atoms with E-state index in [4.69, 9.17) is 4.74 Å². The van der Waals surface area contributed by atoms with Gasteiger partial charge in [-0.15, -0.1) is 0 Å². The average Bonchev–Trinajstić information content (AvgIpc) is 2.49. The third kappa shape index (κ3) is 5.07. The van der Waals surface area contributed by atoms with Crippen LogP contribution in [0.15, 0.2) is 47.6 Å². The number of nitrogens with one attached hydrogen (secondary N) is 1. The van der Waals surface area contributed by atoms with Gasteiger partial charge < -0.3 is 20.4 Å². The zero-order valence-corrected chi connectivity index (χ0v) is 13.6. The molecule has 23 heavy (non-hydrogen) atoms. The van der Waals surface area contributed by atoms with Crippen molar-refractivity contribution in [3.63, 3.8) is 0 Å². The number of ether oxygens (including phenoxy) is 1. The van der Waals surface area contributed by atoms with Crippen LogP contribution < -0.4 is 20.4 Å². The molecule has 0 heterocycles. The minimum Gasteiger partial charge on any atom is -0.872 e. The summed E-state index contributed by atoms with van der Waals surface area (Å²) in [6, 6.07) is 10.5. The summed E-state index contributed by atoms with van der Waals surface area (Å²) in [7, 11) is 1.39. The Bertz CT molecular complexity index is 691. The Morgan fingerprint density at radius 2 is 1.87 bits per heavy atom. The molecule has 0 radical (unpaired) electrons. The first-order chi connectivity index (χ1) is 10.1. The zero-order chi connectivity index (χ0) is 15.2. The molecule has 124 valence electrons. The molecular formula is C15H14N2O5Pd. The predicted molar refractivity (Wildman–Crippen MR) is 77.0 cm³/mol. The first-order valence-electron chi connectivity index (χ1n) is 6.07. The molecule has 2 aromatic rings. The van der Waals surface area contributed by atoms with Crippen LogP contribution in [-0.4, -0.2) is 24.7 Å². The van der Waals surface area contributed by atoms with E-state index in [1.54, 1.807) is 24.3 Å². The number of nitrogens with zero attached hydrogens (tertiary/aromatic N) is 1. The number of methoxy groups -OCH3 is 1. The normalized spacial score (nSPS) is 9.61. The summed E-state index contributed by atoms with van der Waals surface area (Å²) in [5.74, 6) is -1.17. The SMILES string of the molecule is COc1cccc(/C=N/NC(=O)c2ccccc2[O-])c1[O-].O.[Pd+2]. The fraction of sp³-hybridized carbons (Fsp3) is 0.0667. The molecule has 1 amide bonds. The molecule has 0 unspecified atom stereocenters. The molecule has 0 aliphatic heterocycles. The van der Waals surface area contributed by atoms with Crippen LogP contribution >= 0.6 is 0 Å². The van der Waals surface area contributed by atoms with Gasteiger partial charge in [0.05, 0.1) is 13.3 Å². The van der Waals surface area contributed by atoms with E-state index >= 15 is 0 Å². The van der Waals surface area contributed by atoms with Crippen molar-refractivity contribution in [1.29, 1.82) is 0 Å². The van der Waals surface area contributed by atoms with Gasteiger partial charge in [-0.25, -0.2) is 5.43 Å². The number of benzene rings is 2. The van der Waals surface area contributed by atoms with Gasteiger partial charge in [-0.05, 0) is 11.6 Å². The third-order valence-corrected chi connectivity index (χ3v) is 2.73. The Morgan fingerprint density at radius 1 is 1.17 bits per heavy atom. The minimum atomic E-state index is -0.632. The second-order valence-corrected chi connectivity index (χ2v) is 4.07. The molecule has 0 saturated carbocycles. The zero-order valence-electron chi connectivity index (χ0n) is 12.0. The number of para-hydroxylation sites is 2. The van der Waals surface area contributed by atoms with Crippen molar-refractivity contribution in [2.45, 2.75) is 0 Å². The summed E-state index contributed by atoms with van der Waals surface area (Å²) >= 11 is 0. The van der Waals surface area contributed by atoms with Gasteiger partial charge in [-0.3, -0.25) is 4.79 Å². The van der Waals surface area contributed by atoms with Crippen molar-refractivity contribution in [1.82, 2.24) is 5.43 Å². The van der Waals surface area contributed by atoms with Crippen molar-refractivity contribution >= 4 is 12.1 Å². The van der Waals surface area contributed by atoms with Gasteiger partial charge >= 0.3 is 20.4 Å². The van der Waals surface area contributed by atoms with Gasteiger partial charge in [0.2, 0.25) is 0 Å². The Labute approximate surface area is 146 Å². The molecule has 2 aromatic carbocycles. The molecular weight excluding hydrogens is 395 g/mol. The number of hydrogen-bond acceptors (Lipinski definition) is 5. The minimum absolute atomic E-state index is 0. The van der Waals surface area contributed by atoms with Gasteiger partial charge in [0.15, 0.2) is 0 Å². The second-order valence-electron chi connectivity index (χ2n) is 4.07. The van der Waals surface area contributed by atoms with Gasteiger partial charge in [0, 0.05) is 5.56 Å². The molecule has 7 nitrogen and oxygen atoms in total. The van der Waals surface area contributed by atoms with Crippen LogP contribution in [0.5, 0.6) is 17.2 Å². The number of carbonyl (C=O) groups excluding carboxylic acids is 1. The Balaban J connectivity index is 0.00000242. The summed E-state index contributed by atoms with van der Waals surface area (Å²) in [6.07, 6.45) is 1.20. The standard InChI is InChI=1S/C15H14N2O4.H2O.Pd/c1-21-13-8-4-5-10(14(13)19)9-16-17-15(20)11-6-2-3-7-12(11)18;;/h2-9,18-19H,1H3,(H,17,20);1H2;/q;;+2/p-2/b16-9+;;. The maximum atomic E-state index is 11.8. The van der Waals surface area contributed by atoms with Crippen LogP contribution in [0.1, 0.15) is 15.9 Å². The number of carbonyl (C=O) groups is 1. The smallest absolute Gasteiger partial charge is 0.872 e. The molecule has 0 spiro atoms. The van der Waals surface area contributed by atoms with Gasteiger partial charge in [-0.2, -0.15) is 5.10 Å². The molecule has 3 N–H and O–H groups in total. The van der Waals surface area contributed by atoms with Crippen LogP contribution in [-0.2, 0) is 20.4 Å². The van der Waals surface area contributed by atoms with E-state index in [-0.39, 0.29) is 48.5 Å². The fourth-order valence-electron chi connectivity index (χ4n) is 1.67. The summed E-state index contributed by atoms with van der Waals surface area (Å²) in [5, 5.41) is 26.9. The van der Waals surface area contributed by atoms with E-state index < -0.39 is 11.7 Å². The first kappa shape index (κ1) is 20.6. The fourth-order valence-corrected chi connectivity index (χ4v) is 1.67. The molecule has 0 aliphatic carbocycles. The summed E-state index contributed by atoms with van der Waals surface area (Å²) in [5.41, 5.74) is 2.46.